The maximum Gasteiger partial charge on any atom is 0.580 e. The molecular formula is C6H13BN2O4. The van der Waals surface area contributed by atoms with Crippen LogP contribution >= 0.6 is 0 Å². The van der Waals surface area contributed by atoms with Crippen molar-refractivity contribution in [1.29, 1.82) is 0 Å². The zero-order chi connectivity index (χ0) is 10.4. The third-order valence-electron chi connectivity index (χ3n) is 1.15. The van der Waals surface area contributed by atoms with Gasteiger partial charge in [-0.1, -0.05) is 0 Å². The summed E-state index contributed by atoms with van der Waals surface area (Å²) in [6, 6.07) is -1.46. The SMILES string of the molecule is C[C@H](N)C(=O)OBOC(=O)[C@H](C)N. The van der Waals surface area contributed by atoms with Crippen molar-refractivity contribution in [2.24, 2.45) is 11.5 Å². The molecule has 2 atom stereocenters. The Morgan fingerprint density at radius 3 is 1.62 bits per heavy atom. The molecule has 74 valence electrons. The van der Waals surface area contributed by atoms with E-state index in [1.807, 2.05) is 0 Å². The second kappa shape index (κ2) is 5.55. The van der Waals surface area contributed by atoms with E-state index in [9.17, 15) is 9.59 Å². The second-order valence-electron chi connectivity index (χ2n) is 2.62. The van der Waals surface area contributed by atoms with E-state index in [1.54, 1.807) is 0 Å². The van der Waals surface area contributed by atoms with Crippen LogP contribution in [-0.4, -0.2) is 31.7 Å². The number of nitrogens with two attached hydrogens (primary N) is 2. The highest BCUT2D eigenvalue weighted by atomic mass is 16.6. The number of carbonyl (C=O) groups excluding carboxylic acids is 2. The van der Waals surface area contributed by atoms with Crippen LogP contribution in [0, 0.1) is 0 Å². The lowest BCUT2D eigenvalue weighted by molar-refractivity contribution is -0.140. The Bertz CT molecular complexity index is 175. The molecular weight excluding hydrogens is 175 g/mol. The largest absolute Gasteiger partial charge is 0.580 e. The van der Waals surface area contributed by atoms with Crippen molar-refractivity contribution in [2.45, 2.75) is 25.9 Å². The average molecular weight is 188 g/mol. The average Bonchev–Trinajstić information content (AvgIpc) is 2.03. The molecule has 0 radical (unpaired) electrons. The van der Waals surface area contributed by atoms with Crippen LogP contribution in [0.5, 0.6) is 0 Å². The van der Waals surface area contributed by atoms with E-state index in [0.717, 1.165) is 0 Å². The van der Waals surface area contributed by atoms with Gasteiger partial charge in [0.2, 0.25) is 0 Å². The molecule has 0 fully saturated rings. The standard InChI is InChI=1S/C6H13BN2O4/c1-3(8)5(10)12-7-13-6(11)4(2)9/h3-4,7H,8-9H2,1-2H3/t3-,4-/m0/s1. The van der Waals surface area contributed by atoms with Gasteiger partial charge < -0.3 is 20.8 Å². The fraction of sp³-hybridized carbons (Fsp3) is 0.667. The summed E-state index contributed by atoms with van der Waals surface area (Å²) in [7, 11) is -0.444. The van der Waals surface area contributed by atoms with E-state index in [-0.39, 0.29) is 0 Å². The molecule has 0 rings (SSSR count). The molecule has 0 aromatic carbocycles. The molecule has 0 heterocycles. The molecule has 4 N–H and O–H groups in total. The van der Waals surface area contributed by atoms with Crippen LogP contribution in [0.15, 0.2) is 0 Å². The minimum Gasteiger partial charge on any atom is -0.501 e. The van der Waals surface area contributed by atoms with E-state index in [2.05, 4.69) is 9.31 Å². The summed E-state index contributed by atoms with van der Waals surface area (Å²) < 4.78 is 8.92. The molecule has 0 bridgehead atoms. The molecule has 6 nitrogen and oxygen atoms in total. The molecule has 0 unspecified atom stereocenters. The van der Waals surface area contributed by atoms with Gasteiger partial charge in [0.1, 0.15) is 0 Å². The topological polar surface area (TPSA) is 105 Å². The summed E-state index contributed by atoms with van der Waals surface area (Å²) in [5.74, 6) is -1.25. The third-order valence-corrected chi connectivity index (χ3v) is 1.15. The van der Waals surface area contributed by atoms with Gasteiger partial charge in [-0.05, 0) is 13.8 Å². The first-order chi connectivity index (χ1) is 5.95. The Morgan fingerprint density at radius 2 is 1.38 bits per heavy atom. The first kappa shape index (κ1) is 11.9. The van der Waals surface area contributed by atoms with Crippen molar-refractivity contribution in [3.63, 3.8) is 0 Å². The number of rotatable bonds is 4. The molecule has 0 amide bonds. The van der Waals surface area contributed by atoms with Crippen LogP contribution in [0.1, 0.15) is 13.8 Å². The zero-order valence-corrected chi connectivity index (χ0v) is 7.65. The van der Waals surface area contributed by atoms with Gasteiger partial charge in [-0.15, -0.1) is 0 Å². The lowest BCUT2D eigenvalue weighted by Gasteiger charge is -2.08. The molecule has 0 aromatic heterocycles. The van der Waals surface area contributed by atoms with E-state index < -0.39 is 31.7 Å². The van der Waals surface area contributed by atoms with Crippen LogP contribution in [-0.2, 0) is 18.9 Å². The van der Waals surface area contributed by atoms with Crippen molar-refractivity contribution in [1.82, 2.24) is 0 Å². The minimum atomic E-state index is -0.728. The minimum absolute atomic E-state index is 0.444. The highest BCUT2D eigenvalue weighted by molar-refractivity contribution is 6.26. The Morgan fingerprint density at radius 1 is 1.08 bits per heavy atom. The molecule has 13 heavy (non-hydrogen) atoms. The van der Waals surface area contributed by atoms with Crippen molar-refractivity contribution < 1.29 is 18.9 Å². The van der Waals surface area contributed by atoms with Gasteiger partial charge in [0, 0.05) is 0 Å². The molecule has 0 spiro atoms. The van der Waals surface area contributed by atoms with Crippen molar-refractivity contribution in [2.75, 3.05) is 0 Å². The van der Waals surface area contributed by atoms with E-state index in [0.29, 0.717) is 0 Å². The molecule has 7 heteroatoms. The quantitative estimate of drug-likeness (QED) is 0.496. The predicted octanol–water partition coefficient (Wildman–Crippen LogP) is -1.97. The Balaban J connectivity index is 3.57. The van der Waals surface area contributed by atoms with Crippen LogP contribution in [0.4, 0.5) is 0 Å². The lowest BCUT2D eigenvalue weighted by Crippen LogP contribution is -2.34. The van der Waals surface area contributed by atoms with Crippen LogP contribution < -0.4 is 11.5 Å². The summed E-state index contributed by atoms with van der Waals surface area (Å²) in [6.07, 6.45) is 0. The van der Waals surface area contributed by atoms with Gasteiger partial charge in [-0.25, -0.2) is 0 Å². The molecule has 0 saturated carbocycles. The molecule has 0 saturated heterocycles. The summed E-state index contributed by atoms with van der Waals surface area (Å²) in [4.78, 5) is 21.4. The van der Waals surface area contributed by atoms with Gasteiger partial charge in [0.05, 0.1) is 12.1 Å². The third kappa shape index (κ3) is 5.21. The number of hydrogen-bond acceptors (Lipinski definition) is 6. The zero-order valence-electron chi connectivity index (χ0n) is 7.65. The van der Waals surface area contributed by atoms with Gasteiger partial charge >= 0.3 is 19.6 Å². The fourth-order valence-corrected chi connectivity index (χ4v) is 0.409. The first-order valence-electron chi connectivity index (χ1n) is 3.79. The van der Waals surface area contributed by atoms with Gasteiger partial charge in [-0.3, -0.25) is 9.59 Å². The molecule has 0 aliphatic rings. The number of carbonyl (C=O) groups is 2. The maximum atomic E-state index is 10.7. The maximum absolute atomic E-state index is 10.7. The van der Waals surface area contributed by atoms with E-state index in [1.165, 1.54) is 13.8 Å². The summed E-state index contributed by atoms with van der Waals surface area (Å²) in [5, 5.41) is 0. The van der Waals surface area contributed by atoms with Crippen LogP contribution in [0.2, 0.25) is 0 Å². The highest BCUT2D eigenvalue weighted by Crippen LogP contribution is 1.86. The summed E-state index contributed by atoms with van der Waals surface area (Å²) in [5.41, 5.74) is 10.3. The van der Waals surface area contributed by atoms with Crippen LogP contribution in [0.25, 0.3) is 0 Å². The fourth-order valence-electron chi connectivity index (χ4n) is 0.409. The predicted molar refractivity (Wildman–Crippen MR) is 46.6 cm³/mol. The summed E-state index contributed by atoms with van der Waals surface area (Å²) >= 11 is 0. The van der Waals surface area contributed by atoms with E-state index >= 15 is 0 Å². The molecule has 0 aliphatic carbocycles. The highest BCUT2D eigenvalue weighted by Gasteiger charge is 2.14. The van der Waals surface area contributed by atoms with Crippen molar-refractivity contribution in [3.05, 3.63) is 0 Å². The normalized spacial score (nSPS) is 14.2. The van der Waals surface area contributed by atoms with Crippen molar-refractivity contribution >= 4 is 19.6 Å². The summed E-state index contributed by atoms with van der Waals surface area (Å²) in [6.45, 7) is 2.94. The van der Waals surface area contributed by atoms with Crippen LogP contribution in [0.3, 0.4) is 0 Å². The Kier molecular flexibility index (Phi) is 5.09. The van der Waals surface area contributed by atoms with E-state index in [4.69, 9.17) is 11.5 Å². The van der Waals surface area contributed by atoms with Gasteiger partial charge in [0.15, 0.2) is 0 Å². The van der Waals surface area contributed by atoms with Crippen molar-refractivity contribution in [3.8, 4) is 0 Å². The lowest BCUT2D eigenvalue weighted by atomic mass is 10.3. The second-order valence-corrected chi connectivity index (χ2v) is 2.62. The Labute approximate surface area is 76.9 Å². The monoisotopic (exact) mass is 188 g/mol. The van der Waals surface area contributed by atoms with Gasteiger partial charge in [-0.2, -0.15) is 0 Å². The first-order valence-corrected chi connectivity index (χ1v) is 3.79. The molecule has 0 aliphatic heterocycles. The molecule has 0 aromatic rings. The smallest absolute Gasteiger partial charge is 0.501 e. The number of hydrogen-bond donors (Lipinski definition) is 2. The van der Waals surface area contributed by atoms with Gasteiger partial charge in [0.25, 0.3) is 0 Å². The Hall–Kier alpha value is -1.08.